The number of nitrogens with two attached hydrogens (primary N) is 2. The maximum absolute atomic E-state index is 11.5. The molecule has 10 N–H and O–H groups in total. The molecule has 0 saturated heterocycles. The van der Waals surface area contributed by atoms with Crippen molar-refractivity contribution in [2.45, 2.75) is 37.4 Å². The van der Waals surface area contributed by atoms with E-state index in [4.69, 9.17) is 31.5 Å². The molecule has 3 atom stereocenters. The van der Waals surface area contributed by atoms with Gasteiger partial charge in [-0.3, -0.25) is 24.0 Å². The van der Waals surface area contributed by atoms with Crippen molar-refractivity contribution in [3.8, 4) is 17.2 Å². The van der Waals surface area contributed by atoms with Crippen LogP contribution in [-0.4, -0.2) is 80.6 Å². The Hall–Kier alpha value is -1.42. The third kappa shape index (κ3) is 14.3. The maximum Gasteiger partial charge on any atom is 0.322 e. The number of hydrogen-bond donors (Lipinski definition) is 9. The third-order valence-corrected chi connectivity index (χ3v) is 8.90. The van der Waals surface area contributed by atoms with Crippen LogP contribution in [0.15, 0.2) is 24.3 Å². The molecule has 2 aromatic carbocycles. The second-order valence-corrected chi connectivity index (χ2v) is 13.8. The van der Waals surface area contributed by atoms with Gasteiger partial charge in [-0.2, -0.15) is 12.6 Å². The highest BCUT2D eigenvalue weighted by Crippen LogP contribution is 2.36. The molecule has 2 rings (SSSR count). The Balaban J connectivity index is 0.000000449. The molecule has 0 saturated carbocycles. The van der Waals surface area contributed by atoms with E-state index in [2.05, 4.69) is 114 Å². The van der Waals surface area contributed by atoms with E-state index in [0.29, 0.717) is 18.6 Å². The Morgan fingerprint density at radius 1 is 0.864 bits per heavy atom. The lowest BCUT2D eigenvalue weighted by Gasteiger charge is -2.16. The lowest BCUT2D eigenvalue weighted by molar-refractivity contribution is -0.139. The lowest BCUT2D eigenvalue weighted by atomic mass is 10.1. The van der Waals surface area contributed by atoms with Crippen molar-refractivity contribution >= 4 is 133 Å². The summed E-state index contributed by atoms with van der Waals surface area (Å²) in [6.07, 6.45) is 0.0256. The molecule has 0 aliphatic carbocycles. The predicted molar refractivity (Wildman–Crippen MR) is 196 cm³/mol. The van der Waals surface area contributed by atoms with Crippen molar-refractivity contribution in [1.29, 1.82) is 0 Å². The average Bonchev–Trinajstić information content (AvgIpc) is 2.93. The highest BCUT2D eigenvalue weighted by molar-refractivity contribution is 14.1. The van der Waals surface area contributed by atoms with Crippen molar-refractivity contribution in [2.75, 3.05) is 12.3 Å². The maximum atomic E-state index is 11.5. The van der Waals surface area contributed by atoms with Gasteiger partial charge in [0.25, 0.3) is 0 Å². The summed E-state index contributed by atoms with van der Waals surface area (Å²) >= 11 is 12.3. The van der Waals surface area contributed by atoms with Crippen molar-refractivity contribution in [3.05, 3.63) is 44.1 Å². The fraction of sp³-hybridized carbons (Fsp3) is 0.320. The normalized spacial score (nSPS) is 12.5. The first-order valence-electron chi connectivity index (χ1n) is 12.2. The second kappa shape index (κ2) is 20.0. The predicted octanol–water partition coefficient (Wildman–Crippen LogP) is 2.35. The summed E-state index contributed by atoms with van der Waals surface area (Å²) in [5, 5.41) is 40.1. The molecule has 2 aromatic rings. The number of thiol groups is 1. The van der Waals surface area contributed by atoms with Crippen LogP contribution in [0.3, 0.4) is 0 Å². The largest absolute Gasteiger partial charge is 0.506 e. The molecular weight excluding hydrogens is 1060 g/mol. The number of benzene rings is 2. The van der Waals surface area contributed by atoms with Gasteiger partial charge < -0.3 is 47.3 Å². The molecule has 0 aliphatic rings. The molecular formula is C25H28I4N4O10S. The zero-order valence-corrected chi connectivity index (χ0v) is 32.0. The highest BCUT2D eigenvalue weighted by atomic mass is 127. The number of carboxylic acid groups (broad SMARTS) is 3. The molecule has 14 nitrogen and oxygen atoms in total. The molecule has 0 aromatic heterocycles. The minimum atomic E-state index is -1.22. The van der Waals surface area contributed by atoms with Gasteiger partial charge in [-0.15, -0.1) is 0 Å². The van der Waals surface area contributed by atoms with Gasteiger partial charge in [-0.1, -0.05) is 0 Å². The Morgan fingerprint density at radius 3 is 1.84 bits per heavy atom. The number of phenolic OH excluding ortho intramolecular Hbond substituents is 1. The van der Waals surface area contributed by atoms with Crippen molar-refractivity contribution < 1.29 is 49.1 Å². The summed E-state index contributed by atoms with van der Waals surface area (Å²) in [4.78, 5) is 54.6. The van der Waals surface area contributed by atoms with E-state index in [0.717, 1.165) is 12.7 Å². The minimum Gasteiger partial charge on any atom is -0.506 e. The fourth-order valence-electron chi connectivity index (χ4n) is 3.04. The number of halogens is 4. The summed E-state index contributed by atoms with van der Waals surface area (Å²) in [6.45, 7) is -0.567. The SMILES string of the molecule is NC(CCC(=O)NC(CS)C(=O)NCC(=O)O)C(=O)O.NC(Cc1cc(I)c(Oc2cc(I)c(O)c(I)c2)c(I)c1)C(=O)O. The van der Waals surface area contributed by atoms with Crippen LogP contribution < -0.4 is 26.8 Å². The molecule has 44 heavy (non-hydrogen) atoms. The number of carbonyl (C=O) groups is 5. The summed E-state index contributed by atoms with van der Waals surface area (Å²) in [5.74, 6) is -3.15. The topological polar surface area (TPSA) is 252 Å². The summed E-state index contributed by atoms with van der Waals surface area (Å²) in [5.41, 5.74) is 11.7. The first-order valence-corrected chi connectivity index (χ1v) is 17.1. The van der Waals surface area contributed by atoms with Gasteiger partial charge in [0, 0.05) is 12.2 Å². The molecule has 0 spiro atoms. The van der Waals surface area contributed by atoms with Crippen molar-refractivity contribution in [3.63, 3.8) is 0 Å². The average molecular weight is 1080 g/mol. The number of carbonyl (C=O) groups excluding carboxylic acids is 2. The summed E-state index contributed by atoms with van der Waals surface area (Å²) < 4.78 is 9.14. The Kier molecular flexibility index (Phi) is 18.4. The number of ether oxygens (including phenoxy) is 1. The van der Waals surface area contributed by atoms with E-state index in [1.807, 2.05) is 12.1 Å². The number of rotatable bonds is 14. The number of phenols is 1. The number of hydrogen-bond acceptors (Lipinski definition) is 10. The van der Waals surface area contributed by atoms with Crippen molar-refractivity contribution in [2.24, 2.45) is 11.5 Å². The standard InChI is InChI=1S/C15H11I4NO4.C10H17N3O6S/c16-8-4-7(5-9(17)13(8)21)24-14-10(18)1-6(2-11(14)19)3-12(20)15(22)23;11-5(10(18)19)1-2-7(14)13-6(4-20)9(17)12-3-8(15)16/h1-2,4-5,12,21H,3,20H2,(H,22,23);5-6,20H,1-4,11H2,(H,12,17)(H,13,14)(H,15,16)(H,18,19). The molecule has 242 valence electrons. The number of amides is 2. The Morgan fingerprint density at radius 2 is 1.39 bits per heavy atom. The van der Waals surface area contributed by atoms with Crippen LogP contribution in [0.2, 0.25) is 0 Å². The van der Waals surface area contributed by atoms with Crippen LogP contribution in [0.1, 0.15) is 18.4 Å². The fourth-order valence-corrected chi connectivity index (χ4v) is 7.13. The lowest BCUT2D eigenvalue weighted by Crippen LogP contribution is -2.49. The van der Waals surface area contributed by atoms with E-state index >= 15 is 0 Å². The number of aromatic hydroxyl groups is 1. The van der Waals surface area contributed by atoms with Crippen molar-refractivity contribution in [1.82, 2.24) is 10.6 Å². The van der Waals surface area contributed by atoms with Gasteiger partial charge in [0.15, 0.2) is 5.75 Å². The van der Waals surface area contributed by atoms with E-state index in [1.165, 1.54) is 0 Å². The molecule has 0 heterocycles. The van der Waals surface area contributed by atoms with Crippen LogP contribution in [0.25, 0.3) is 0 Å². The number of nitrogens with one attached hydrogen (secondary N) is 2. The van der Waals surface area contributed by atoms with Gasteiger partial charge >= 0.3 is 17.9 Å². The van der Waals surface area contributed by atoms with Gasteiger partial charge in [-0.05, 0) is 133 Å². The van der Waals surface area contributed by atoms with Gasteiger partial charge in [0.2, 0.25) is 11.8 Å². The first-order chi connectivity index (χ1) is 20.5. The number of aliphatic carboxylic acids is 3. The second-order valence-electron chi connectivity index (χ2n) is 8.77. The zero-order valence-electron chi connectivity index (χ0n) is 22.4. The zero-order chi connectivity index (χ0) is 33.7. The molecule has 2 amide bonds. The molecule has 19 heteroatoms. The van der Waals surface area contributed by atoms with E-state index in [1.54, 1.807) is 12.1 Å². The summed E-state index contributed by atoms with van der Waals surface area (Å²) in [6, 6.07) is 4.19. The van der Waals surface area contributed by atoms with E-state index in [-0.39, 0.29) is 30.8 Å². The van der Waals surface area contributed by atoms with Crippen LogP contribution >= 0.6 is 103 Å². The molecule has 0 aliphatic heterocycles. The summed E-state index contributed by atoms with van der Waals surface area (Å²) in [7, 11) is 0. The molecule has 0 fully saturated rings. The van der Waals surface area contributed by atoms with E-state index in [9.17, 15) is 29.1 Å². The molecule has 0 bridgehead atoms. The van der Waals surface area contributed by atoms with Crippen LogP contribution in [0.4, 0.5) is 0 Å². The van der Waals surface area contributed by atoms with Gasteiger partial charge in [0.05, 0.1) is 14.3 Å². The van der Waals surface area contributed by atoms with Gasteiger partial charge in [-0.25, -0.2) is 0 Å². The van der Waals surface area contributed by atoms with Crippen LogP contribution in [0.5, 0.6) is 17.2 Å². The Bertz CT molecular complexity index is 1340. The van der Waals surface area contributed by atoms with E-state index < -0.39 is 54.4 Å². The first kappa shape index (κ1) is 40.6. The third-order valence-electron chi connectivity index (χ3n) is 5.29. The minimum absolute atomic E-state index is 0.0256. The van der Waals surface area contributed by atoms with Crippen LogP contribution in [0, 0.1) is 14.3 Å². The van der Waals surface area contributed by atoms with Gasteiger partial charge in [0.1, 0.15) is 36.2 Å². The Labute approximate surface area is 311 Å². The molecule has 0 radical (unpaired) electrons. The monoisotopic (exact) mass is 1080 g/mol. The highest BCUT2D eigenvalue weighted by Gasteiger charge is 2.21. The number of carboxylic acids is 3. The van der Waals surface area contributed by atoms with Crippen LogP contribution in [-0.2, 0) is 30.4 Å². The quantitative estimate of drug-likeness (QED) is 0.0978. The smallest absolute Gasteiger partial charge is 0.322 e. The molecule has 3 unspecified atom stereocenters.